The van der Waals surface area contributed by atoms with Crippen LogP contribution >= 0.6 is 0 Å². The number of amides is 7. The predicted molar refractivity (Wildman–Crippen MR) is 205 cm³/mol. The minimum absolute atomic E-state index is 0.0330. The Morgan fingerprint density at radius 2 is 1.60 bits per heavy atom. The summed E-state index contributed by atoms with van der Waals surface area (Å²) in [6, 6.07) is 3.40. The van der Waals surface area contributed by atoms with Crippen molar-refractivity contribution in [2.24, 2.45) is 5.92 Å². The first-order chi connectivity index (χ1) is 27.1. The number of hydrogen-bond donors (Lipinski definition) is 4. The van der Waals surface area contributed by atoms with E-state index in [1.165, 1.54) is 14.7 Å². The molecule has 308 valence electrons. The summed E-state index contributed by atoms with van der Waals surface area (Å²) in [6.07, 6.45) is 2.93. The molecule has 0 spiro atoms. The van der Waals surface area contributed by atoms with Gasteiger partial charge in [0.1, 0.15) is 48.6 Å². The summed E-state index contributed by atoms with van der Waals surface area (Å²) < 4.78 is 11.1. The number of aromatic nitrogens is 1. The fourth-order valence-corrected chi connectivity index (χ4v) is 8.05. The Balaban J connectivity index is 1.29. The lowest BCUT2D eigenvalue weighted by molar-refractivity contribution is -0.158. The molecule has 17 nitrogen and oxygen atoms in total. The summed E-state index contributed by atoms with van der Waals surface area (Å²) in [6.45, 7) is 9.40. The number of anilines is 1. The SMILES string of the molecule is C[C@H]1C[C@H]2C(=O)OC[C@H](NC(=O)[C@H](Cc3ccccc3)NC(=O)Nc3cc(C(C)(C)C)on3)C(=O)N3CCC[C@H]3C(=O)N3CCCC[C@H]3C(=O)N[C@@H](C)C(=O)N2C1. The van der Waals surface area contributed by atoms with Crippen LogP contribution in [0.4, 0.5) is 10.6 Å². The van der Waals surface area contributed by atoms with Gasteiger partial charge in [0.05, 0.1) is 0 Å². The number of nitrogens with one attached hydrogen (secondary N) is 4. The first-order valence-corrected chi connectivity index (χ1v) is 19.9. The van der Waals surface area contributed by atoms with Crippen molar-refractivity contribution in [1.29, 1.82) is 0 Å². The van der Waals surface area contributed by atoms with Crippen LogP contribution in [-0.2, 0) is 45.3 Å². The lowest BCUT2D eigenvalue weighted by atomic mass is 9.93. The number of cyclic esters (lactones) is 1. The van der Waals surface area contributed by atoms with Crippen molar-refractivity contribution in [2.75, 3.05) is 31.6 Å². The van der Waals surface area contributed by atoms with Crippen LogP contribution in [0.1, 0.15) is 84.5 Å². The number of carbonyl (C=O) groups excluding carboxylic acids is 7. The quantitative estimate of drug-likeness (QED) is 0.312. The molecule has 4 aliphatic heterocycles. The third kappa shape index (κ3) is 9.56. The number of rotatable bonds is 6. The van der Waals surface area contributed by atoms with Crippen molar-refractivity contribution in [2.45, 2.75) is 121 Å². The first kappa shape index (κ1) is 41.2. The number of ether oxygens (including phenoxy) is 1. The third-order valence-electron chi connectivity index (χ3n) is 11.1. The second-order valence-electron chi connectivity index (χ2n) is 16.7. The number of nitrogens with zero attached hydrogens (tertiary/aromatic N) is 4. The van der Waals surface area contributed by atoms with Gasteiger partial charge in [-0.2, -0.15) is 0 Å². The third-order valence-corrected chi connectivity index (χ3v) is 11.1. The average Bonchev–Trinajstić information content (AvgIpc) is 3.95. The second kappa shape index (κ2) is 17.3. The maximum Gasteiger partial charge on any atom is 0.328 e. The Morgan fingerprint density at radius 1 is 0.895 bits per heavy atom. The molecule has 1 aromatic carbocycles. The fourth-order valence-electron chi connectivity index (χ4n) is 8.05. The van der Waals surface area contributed by atoms with Crippen molar-refractivity contribution in [3.63, 3.8) is 0 Å². The summed E-state index contributed by atoms with van der Waals surface area (Å²) in [7, 11) is 0. The highest BCUT2D eigenvalue weighted by Crippen LogP contribution is 2.28. The van der Waals surface area contributed by atoms with Crippen molar-refractivity contribution in [3.8, 4) is 0 Å². The van der Waals surface area contributed by atoms with Gasteiger partial charge in [-0.25, -0.2) is 9.59 Å². The standard InChI is InChI=1S/C40H54N8O9/c1-23-18-30-38(54)56-22-27(42-33(49)26(19-25-12-7-6-8-13-25)43-39(55)44-32-20-31(57-45-32)40(3,4)5)36(52)47-17-11-15-29(47)37(53)46-16-10-9-14-28(46)34(50)41-24(2)35(51)48(30)21-23/h6-8,12-13,20,23-24,26-30H,9-11,14-19,21-22H2,1-5H3,(H,41,50)(H,42,49)(H2,43,44,45,55)/t23-,24-,26-,27-,28-,29-,30-/m0/s1. The maximum atomic E-state index is 14.5. The van der Waals surface area contributed by atoms with Crippen molar-refractivity contribution < 1.29 is 42.8 Å². The lowest BCUT2D eigenvalue weighted by Crippen LogP contribution is -2.62. The Morgan fingerprint density at radius 3 is 2.32 bits per heavy atom. The molecule has 1 aromatic heterocycles. The van der Waals surface area contributed by atoms with E-state index < -0.39 is 84.4 Å². The lowest BCUT2D eigenvalue weighted by Gasteiger charge is -2.39. The van der Waals surface area contributed by atoms with E-state index in [4.69, 9.17) is 9.26 Å². The molecule has 7 amide bonds. The Bertz CT molecular complexity index is 1840. The van der Waals surface area contributed by atoms with Crippen LogP contribution < -0.4 is 21.3 Å². The highest BCUT2D eigenvalue weighted by Gasteiger charge is 2.46. The zero-order chi connectivity index (χ0) is 41.0. The number of fused-ring (bicyclic) bond motifs is 3. The minimum atomic E-state index is -1.46. The van der Waals surface area contributed by atoms with Gasteiger partial charge in [0, 0.05) is 37.5 Å². The second-order valence-corrected chi connectivity index (χ2v) is 16.7. The number of piperidine rings is 1. The molecule has 4 aliphatic rings. The van der Waals surface area contributed by atoms with Gasteiger partial charge in [-0.3, -0.25) is 29.3 Å². The summed E-state index contributed by atoms with van der Waals surface area (Å²) in [5, 5.41) is 14.7. The van der Waals surface area contributed by atoms with Gasteiger partial charge in [-0.15, -0.1) is 0 Å². The first-order valence-electron chi connectivity index (χ1n) is 19.9. The number of urea groups is 1. The average molecular weight is 791 g/mol. The molecule has 0 unspecified atom stereocenters. The Hall–Kier alpha value is -5.48. The zero-order valence-corrected chi connectivity index (χ0v) is 33.2. The summed E-state index contributed by atoms with van der Waals surface area (Å²) in [4.78, 5) is 102. The summed E-state index contributed by atoms with van der Waals surface area (Å²) in [5.41, 5.74) is 0.343. The molecule has 17 heteroatoms. The van der Waals surface area contributed by atoms with E-state index in [1.54, 1.807) is 37.3 Å². The fraction of sp³-hybridized carbons (Fsp3) is 0.600. The molecule has 4 fully saturated rings. The minimum Gasteiger partial charge on any atom is -0.461 e. The number of esters is 1. The highest BCUT2D eigenvalue weighted by atomic mass is 16.5. The molecule has 57 heavy (non-hydrogen) atoms. The molecule has 0 saturated carbocycles. The van der Waals surface area contributed by atoms with Crippen LogP contribution in [0.5, 0.6) is 0 Å². The molecular weight excluding hydrogens is 736 g/mol. The molecule has 6 rings (SSSR count). The van der Waals surface area contributed by atoms with Crippen LogP contribution in [0.25, 0.3) is 0 Å². The summed E-state index contributed by atoms with van der Waals surface area (Å²) in [5.74, 6) is -2.88. The smallest absolute Gasteiger partial charge is 0.328 e. The van der Waals surface area contributed by atoms with Gasteiger partial charge in [0.2, 0.25) is 29.5 Å². The van der Waals surface area contributed by atoms with E-state index in [1.807, 2.05) is 33.8 Å². The molecule has 5 heterocycles. The van der Waals surface area contributed by atoms with Gasteiger partial charge >= 0.3 is 12.0 Å². The van der Waals surface area contributed by atoms with E-state index in [-0.39, 0.29) is 36.7 Å². The van der Waals surface area contributed by atoms with Gasteiger partial charge < -0.3 is 39.9 Å². The van der Waals surface area contributed by atoms with E-state index >= 15 is 0 Å². The van der Waals surface area contributed by atoms with Crippen LogP contribution in [-0.4, -0.2) is 124 Å². The molecule has 2 aromatic rings. The van der Waals surface area contributed by atoms with E-state index in [2.05, 4.69) is 26.4 Å². The monoisotopic (exact) mass is 790 g/mol. The summed E-state index contributed by atoms with van der Waals surface area (Å²) >= 11 is 0. The Kier molecular flexibility index (Phi) is 12.5. The normalized spacial score (nSPS) is 26.8. The molecule has 4 saturated heterocycles. The van der Waals surface area contributed by atoms with Gasteiger partial charge in [-0.05, 0) is 56.9 Å². The van der Waals surface area contributed by atoms with Crippen LogP contribution in [0.2, 0.25) is 0 Å². The molecule has 0 radical (unpaired) electrons. The van der Waals surface area contributed by atoms with Crippen molar-refractivity contribution >= 4 is 47.4 Å². The van der Waals surface area contributed by atoms with Gasteiger partial charge in [0.15, 0.2) is 5.82 Å². The van der Waals surface area contributed by atoms with Crippen LogP contribution in [0, 0.1) is 5.92 Å². The van der Waals surface area contributed by atoms with Crippen molar-refractivity contribution in [3.05, 3.63) is 47.7 Å². The molecule has 7 atom stereocenters. The maximum absolute atomic E-state index is 14.5. The molecule has 0 aliphatic carbocycles. The van der Waals surface area contributed by atoms with E-state index in [9.17, 15) is 33.6 Å². The van der Waals surface area contributed by atoms with E-state index in [0.29, 0.717) is 56.4 Å². The topological polar surface area (TPSA) is 213 Å². The van der Waals surface area contributed by atoms with Crippen LogP contribution in [0.3, 0.4) is 0 Å². The Labute approximate surface area is 331 Å². The zero-order valence-electron chi connectivity index (χ0n) is 33.2. The highest BCUT2D eigenvalue weighted by molar-refractivity contribution is 5.98. The van der Waals surface area contributed by atoms with E-state index in [0.717, 1.165) is 0 Å². The number of hydrogen-bond acceptors (Lipinski definition) is 10. The van der Waals surface area contributed by atoms with Crippen molar-refractivity contribution in [1.82, 2.24) is 35.8 Å². The van der Waals surface area contributed by atoms with Gasteiger partial charge in [-0.1, -0.05) is 63.2 Å². The van der Waals surface area contributed by atoms with Crippen LogP contribution in [0.15, 0.2) is 40.9 Å². The largest absolute Gasteiger partial charge is 0.461 e. The molecule has 0 bridgehead atoms. The number of carbonyl (C=O) groups is 7. The molecule has 4 N–H and O–H groups in total. The predicted octanol–water partition coefficient (Wildman–Crippen LogP) is 1.86. The number of benzene rings is 1. The van der Waals surface area contributed by atoms with Gasteiger partial charge in [0.25, 0.3) is 0 Å². The molecular formula is C40H54N8O9.